The van der Waals surface area contributed by atoms with Crippen molar-refractivity contribution in [3.63, 3.8) is 0 Å². The normalized spacial score (nSPS) is 13.9. The minimum absolute atomic E-state index is 0.0372. The minimum Gasteiger partial charge on any atom is -0.497 e. The maximum Gasteiger partial charge on any atom is 0.221 e. The van der Waals surface area contributed by atoms with E-state index in [1.54, 1.807) is 7.11 Å². The van der Waals surface area contributed by atoms with E-state index in [0.717, 1.165) is 23.6 Å². The molecule has 0 radical (unpaired) electrons. The van der Waals surface area contributed by atoms with E-state index in [9.17, 15) is 4.79 Å². The zero-order valence-electron chi connectivity index (χ0n) is 15.7. The Labute approximate surface area is 164 Å². The van der Waals surface area contributed by atoms with Gasteiger partial charge in [0, 0.05) is 25.1 Å². The highest BCUT2D eigenvalue weighted by Crippen LogP contribution is 2.21. The van der Waals surface area contributed by atoms with E-state index in [-0.39, 0.29) is 5.91 Å². The lowest BCUT2D eigenvalue weighted by Gasteiger charge is -2.13. The van der Waals surface area contributed by atoms with Gasteiger partial charge in [-0.2, -0.15) is 5.10 Å². The smallest absolute Gasteiger partial charge is 0.221 e. The van der Waals surface area contributed by atoms with Gasteiger partial charge < -0.3 is 10.1 Å². The summed E-state index contributed by atoms with van der Waals surface area (Å²) in [7, 11) is 1.63. The summed E-state index contributed by atoms with van der Waals surface area (Å²) >= 11 is 5.33. The molecule has 0 spiro atoms. The molecule has 1 aliphatic carbocycles. The van der Waals surface area contributed by atoms with Crippen molar-refractivity contribution >= 4 is 18.1 Å². The van der Waals surface area contributed by atoms with Gasteiger partial charge in [0.05, 0.1) is 7.11 Å². The number of hydrogen-bond donors (Lipinski definition) is 2. The molecule has 0 saturated carbocycles. The number of carbonyl (C=O) groups excluding carboxylic acids is 1. The zero-order chi connectivity index (χ0) is 19.1. The van der Waals surface area contributed by atoms with Crippen LogP contribution in [0.15, 0.2) is 35.9 Å². The molecule has 1 aliphatic rings. The van der Waals surface area contributed by atoms with E-state index in [2.05, 4.69) is 21.6 Å². The monoisotopic (exact) mass is 386 g/mol. The summed E-state index contributed by atoms with van der Waals surface area (Å²) in [5.74, 6) is 1.55. The van der Waals surface area contributed by atoms with Crippen LogP contribution in [0.3, 0.4) is 0 Å². The van der Waals surface area contributed by atoms with Crippen LogP contribution in [0.2, 0.25) is 0 Å². The largest absolute Gasteiger partial charge is 0.497 e. The number of benzene rings is 1. The van der Waals surface area contributed by atoms with Gasteiger partial charge in [0.15, 0.2) is 10.6 Å². The van der Waals surface area contributed by atoms with Crippen molar-refractivity contribution in [1.82, 2.24) is 20.1 Å². The Morgan fingerprint density at radius 3 is 2.85 bits per heavy atom. The molecule has 1 heterocycles. The van der Waals surface area contributed by atoms with Crippen LogP contribution in [0, 0.1) is 4.77 Å². The zero-order valence-corrected chi connectivity index (χ0v) is 16.5. The third-order valence-electron chi connectivity index (χ3n) is 4.82. The lowest BCUT2D eigenvalue weighted by Crippen LogP contribution is -2.26. The fourth-order valence-electron chi connectivity index (χ4n) is 3.28. The van der Waals surface area contributed by atoms with Crippen molar-refractivity contribution in [3.8, 4) is 17.1 Å². The lowest BCUT2D eigenvalue weighted by molar-refractivity contribution is -0.121. The van der Waals surface area contributed by atoms with E-state index in [1.807, 2.05) is 28.8 Å². The van der Waals surface area contributed by atoms with Crippen molar-refractivity contribution in [2.75, 3.05) is 13.7 Å². The first-order valence-electron chi connectivity index (χ1n) is 9.41. The third-order valence-corrected chi connectivity index (χ3v) is 5.13. The summed E-state index contributed by atoms with van der Waals surface area (Å²) in [5.41, 5.74) is 2.40. The van der Waals surface area contributed by atoms with E-state index >= 15 is 0 Å². The van der Waals surface area contributed by atoms with Crippen molar-refractivity contribution in [2.45, 2.75) is 45.1 Å². The number of aromatic nitrogens is 3. The quantitative estimate of drug-likeness (QED) is 0.531. The predicted octanol–water partition coefficient (Wildman–Crippen LogP) is 4.01. The Morgan fingerprint density at radius 1 is 1.33 bits per heavy atom. The number of amides is 1. The lowest BCUT2D eigenvalue weighted by atomic mass is 9.97. The second-order valence-corrected chi connectivity index (χ2v) is 7.08. The molecule has 0 unspecified atom stereocenters. The van der Waals surface area contributed by atoms with Gasteiger partial charge in [-0.1, -0.05) is 11.6 Å². The molecule has 2 N–H and O–H groups in total. The first kappa shape index (κ1) is 19.4. The Hall–Kier alpha value is -2.41. The second kappa shape index (κ2) is 9.50. The van der Waals surface area contributed by atoms with Gasteiger partial charge in [-0.05, 0) is 68.6 Å². The number of hydrogen-bond acceptors (Lipinski definition) is 4. The Bertz CT molecular complexity index is 852. The molecule has 27 heavy (non-hydrogen) atoms. The van der Waals surface area contributed by atoms with Gasteiger partial charge in [0.2, 0.25) is 5.91 Å². The van der Waals surface area contributed by atoms with E-state index < -0.39 is 0 Å². The fourth-order valence-corrected chi connectivity index (χ4v) is 3.50. The Morgan fingerprint density at radius 2 is 2.15 bits per heavy atom. The topological polar surface area (TPSA) is 71.9 Å². The van der Waals surface area contributed by atoms with Gasteiger partial charge in [-0.3, -0.25) is 14.5 Å². The van der Waals surface area contributed by atoms with E-state index in [1.165, 1.54) is 31.3 Å². The second-order valence-electron chi connectivity index (χ2n) is 6.69. The van der Waals surface area contributed by atoms with Gasteiger partial charge >= 0.3 is 0 Å². The number of nitrogens with zero attached hydrogens (tertiary/aromatic N) is 2. The number of allylic oxidation sites excluding steroid dienone is 1. The molecule has 7 heteroatoms. The number of H-pyrrole nitrogens is 1. The highest BCUT2D eigenvalue weighted by atomic mass is 32.1. The summed E-state index contributed by atoms with van der Waals surface area (Å²) in [6.07, 6.45) is 8.55. The summed E-state index contributed by atoms with van der Waals surface area (Å²) in [4.78, 5) is 12.2. The molecule has 3 rings (SSSR count). The van der Waals surface area contributed by atoms with Crippen LogP contribution in [0.4, 0.5) is 0 Å². The van der Waals surface area contributed by atoms with E-state index in [4.69, 9.17) is 17.0 Å². The maximum absolute atomic E-state index is 12.2. The number of rotatable bonds is 8. The molecule has 2 aromatic rings. The van der Waals surface area contributed by atoms with Crippen molar-refractivity contribution < 1.29 is 9.53 Å². The molecule has 144 valence electrons. The highest BCUT2D eigenvalue weighted by Gasteiger charge is 2.11. The van der Waals surface area contributed by atoms with Crippen LogP contribution in [-0.4, -0.2) is 34.3 Å². The molecule has 0 saturated heterocycles. The molecule has 1 amide bonds. The average Bonchev–Trinajstić information content (AvgIpc) is 3.07. The number of nitrogens with one attached hydrogen (secondary N) is 2. The van der Waals surface area contributed by atoms with Gasteiger partial charge in [0.1, 0.15) is 5.75 Å². The molecule has 0 aliphatic heterocycles. The Balaban J connectivity index is 1.54. The summed E-state index contributed by atoms with van der Waals surface area (Å²) in [6, 6.07) is 7.62. The molecule has 6 nitrogen and oxygen atoms in total. The van der Waals surface area contributed by atoms with Crippen LogP contribution < -0.4 is 10.1 Å². The van der Waals surface area contributed by atoms with Crippen LogP contribution >= 0.6 is 12.2 Å². The number of carbonyl (C=O) groups is 1. The van der Waals surface area contributed by atoms with Gasteiger partial charge in [-0.15, -0.1) is 0 Å². The van der Waals surface area contributed by atoms with Gasteiger partial charge in [-0.25, -0.2) is 0 Å². The molecule has 0 bridgehead atoms. The first-order valence-corrected chi connectivity index (χ1v) is 9.82. The molecule has 0 fully saturated rings. The standard InChI is InChI=1S/C20H26N4O2S/c1-26-17-9-7-16(8-10-17)19-22-23-20(27)24(19)14-12-18(25)21-13-11-15-5-3-2-4-6-15/h5,7-10H,2-4,6,11-14H2,1H3,(H,21,25)(H,23,27). The van der Waals surface area contributed by atoms with Crippen molar-refractivity contribution in [3.05, 3.63) is 40.7 Å². The molecular weight excluding hydrogens is 360 g/mol. The number of aromatic amines is 1. The third kappa shape index (κ3) is 5.29. The van der Waals surface area contributed by atoms with Crippen molar-refractivity contribution in [1.29, 1.82) is 0 Å². The van der Waals surface area contributed by atoms with Crippen LogP contribution in [0.1, 0.15) is 38.5 Å². The maximum atomic E-state index is 12.2. The average molecular weight is 387 g/mol. The summed E-state index contributed by atoms with van der Waals surface area (Å²) < 4.78 is 7.56. The summed E-state index contributed by atoms with van der Waals surface area (Å²) in [5, 5.41) is 10.1. The number of ether oxygens (including phenoxy) is 1. The first-order chi connectivity index (χ1) is 13.2. The van der Waals surface area contributed by atoms with Crippen LogP contribution in [-0.2, 0) is 11.3 Å². The SMILES string of the molecule is COc1ccc(-c2n[nH]c(=S)n2CCC(=O)NCCC2=CCCCC2)cc1. The molecule has 1 aromatic carbocycles. The van der Waals surface area contributed by atoms with Crippen LogP contribution in [0.5, 0.6) is 5.75 Å². The predicted molar refractivity (Wildman–Crippen MR) is 108 cm³/mol. The minimum atomic E-state index is 0.0372. The van der Waals surface area contributed by atoms with Crippen molar-refractivity contribution in [2.24, 2.45) is 0 Å². The highest BCUT2D eigenvalue weighted by molar-refractivity contribution is 7.71. The van der Waals surface area contributed by atoms with Gasteiger partial charge in [0.25, 0.3) is 0 Å². The summed E-state index contributed by atoms with van der Waals surface area (Å²) in [6.45, 7) is 1.19. The van der Waals surface area contributed by atoms with E-state index in [0.29, 0.717) is 24.3 Å². The molecule has 1 aromatic heterocycles. The molecule has 0 atom stereocenters. The van der Waals surface area contributed by atoms with Crippen LogP contribution in [0.25, 0.3) is 11.4 Å². The fraction of sp³-hybridized carbons (Fsp3) is 0.450. The molecular formula is C20H26N4O2S. The Kier molecular flexibility index (Phi) is 6.81. The number of methoxy groups -OCH3 is 1.